The first kappa shape index (κ1) is 15.4. The number of hydrogen-bond donors (Lipinski definition) is 1. The van der Waals surface area contributed by atoms with Gasteiger partial charge < -0.3 is 9.88 Å². The minimum Gasteiger partial charge on any atom is -0.363 e. The summed E-state index contributed by atoms with van der Waals surface area (Å²) >= 11 is 2.02. The Balaban J connectivity index is 2.10. The molecule has 1 heterocycles. The van der Waals surface area contributed by atoms with E-state index in [1.165, 1.54) is 6.42 Å². The van der Waals surface area contributed by atoms with Crippen molar-refractivity contribution in [2.75, 3.05) is 11.1 Å². The van der Waals surface area contributed by atoms with Crippen molar-refractivity contribution in [3.8, 4) is 0 Å². The third-order valence-corrected chi connectivity index (χ3v) is 4.92. The Kier molecular flexibility index (Phi) is 4.78. The summed E-state index contributed by atoms with van der Waals surface area (Å²) in [6.45, 7) is 8.29. The molecule has 112 valence electrons. The van der Waals surface area contributed by atoms with E-state index in [1.54, 1.807) is 17.0 Å². The van der Waals surface area contributed by atoms with Crippen LogP contribution >= 0.6 is 11.8 Å². The van der Waals surface area contributed by atoms with Gasteiger partial charge in [-0.15, -0.1) is 0 Å². The van der Waals surface area contributed by atoms with E-state index < -0.39 is 0 Å². The molecule has 1 saturated carbocycles. The maximum Gasteiger partial charge on any atom is 0.293 e. The van der Waals surface area contributed by atoms with E-state index in [-0.39, 0.29) is 11.1 Å². The molecule has 5 heteroatoms. The molecule has 1 aliphatic rings. The zero-order valence-electron chi connectivity index (χ0n) is 12.8. The number of hydrogen-bond acceptors (Lipinski definition) is 4. The van der Waals surface area contributed by atoms with Crippen molar-refractivity contribution in [1.82, 2.24) is 9.55 Å². The van der Waals surface area contributed by atoms with Gasteiger partial charge in [0.1, 0.15) is 0 Å². The molecule has 1 N–H and O–H groups in total. The predicted octanol–water partition coefficient (Wildman–Crippen LogP) is 3.08. The van der Waals surface area contributed by atoms with Crippen LogP contribution < -0.4 is 10.9 Å². The zero-order valence-corrected chi connectivity index (χ0v) is 13.7. The molecule has 1 fully saturated rings. The lowest BCUT2D eigenvalue weighted by Gasteiger charge is -2.23. The fourth-order valence-corrected chi connectivity index (χ4v) is 3.83. The van der Waals surface area contributed by atoms with Crippen molar-refractivity contribution in [3.05, 3.63) is 22.7 Å². The topological polar surface area (TPSA) is 46.9 Å². The van der Waals surface area contributed by atoms with Gasteiger partial charge in [-0.05, 0) is 45.8 Å². The van der Waals surface area contributed by atoms with E-state index >= 15 is 0 Å². The lowest BCUT2D eigenvalue weighted by Crippen LogP contribution is -2.36. The molecular formula is C15H25N3OS. The smallest absolute Gasteiger partial charge is 0.293 e. The Labute approximate surface area is 125 Å². The molecular weight excluding hydrogens is 270 g/mol. The quantitative estimate of drug-likeness (QED) is 0.927. The Bertz CT molecular complexity index is 507. The highest BCUT2D eigenvalue weighted by atomic mass is 32.2. The molecule has 0 amide bonds. The van der Waals surface area contributed by atoms with Crippen LogP contribution in [0.15, 0.2) is 17.2 Å². The fourth-order valence-electron chi connectivity index (χ4n) is 2.69. The summed E-state index contributed by atoms with van der Waals surface area (Å²) in [5, 5.41) is 4.08. The summed E-state index contributed by atoms with van der Waals surface area (Å²) in [7, 11) is 0. The van der Waals surface area contributed by atoms with Crippen molar-refractivity contribution in [2.24, 2.45) is 0 Å². The molecule has 2 atom stereocenters. The SMILES string of the molecule is CCSC1CCC(Nc2nccn(C(C)(C)C)c2=O)C1. The molecule has 4 nitrogen and oxygen atoms in total. The molecule has 2 unspecified atom stereocenters. The highest BCUT2D eigenvalue weighted by Crippen LogP contribution is 2.30. The van der Waals surface area contributed by atoms with Crippen molar-refractivity contribution in [1.29, 1.82) is 0 Å². The van der Waals surface area contributed by atoms with Crippen molar-refractivity contribution < 1.29 is 0 Å². The Morgan fingerprint density at radius 1 is 1.45 bits per heavy atom. The van der Waals surface area contributed by atoms with E-state index in [1.807, 2.05) is 32.5 Å². The largest absolute Gasteiger partial charge is 0.363 e. The molecule has 0 spiro atoms. The standard InChI is InChI=1S/C15H25N3OS/c1-5-20-12-7-6-11(10-12)17-13-14(19)18(9-8-16-13)15(2,3)4/h8-9,11-12H,5-7,10H2,1-4H3,(H,16,17). The molecule has 0 bridgehead atoms. The second-order valence-corrected chi connectivity index (χ2v) is 7.93. The summed E-state index contributed by atoms with van der Waals surface area (Å²) in [4.78, 5) is 16.7. The molecule has 1 aliphatic carbocycles. The summed E-state index contributed by atoms with van der Waals surface area (Å²) in [6.07, 6.45) is 6.96. The van der Waals surface area contributed by atoms with Crippen molar-refractivity contribution >= 4 is 17.6 Å². The van der Waals surface area contributed by atoms with Gasteiger partial charge in [0.25, 0.3) is 5.56 Å². The van der Waals surface area contributed by atoms with Crippen LogP contribution in [0.1, 0.15) is 47.0 Å². The first-order valence-electron chi connectivity index (χ1n) is 7.38. The number of anilines is 1. The number of nitrogens with one attached hydrogen (secondary N) is 1. The summed E-state index contributed by atoms with van der Waals surface area (Å²) in [5.41, 5.74) is -0.237. The van der Waals surface area contributed by atoms with Crippen molar-refractivity contribution in [2.45, 2.75) is 63.8 Å². The van der Waals surface area contributed by atoms with E-state index in [2.05, 4.69) is 17.2 Å². The van der Waals surface area contributed by atoms with Gasteiger partial charge in [0.15, 0.2) is 5.82 Å². The predicted molar refractivity (Wildman–Crippen MR) is 86.7 cm³/mol. The van der Waals surface area contributed by atoms with Gasteiger partial charge in [0, 0.05) is 29.2 Å². The molecule has 0 aliphatic heterocycles. The van der Waals surface area contributed by atoms with Gasteiger partial charge in [0.05, 0.1) is 0 Å². The third kappa shape index (κ3) is 3.57. The molecule has 0 aromatic carbocycles. The number of rotatable bonds is 4. The first-order chi connectivity index (χ1) is 9.41. The zero-order chi connectivity index (χ0) is 14.8. The lowest BCUT2D eigenvalue weighted by atomic mass is 10.1. The normalized spacial score (nSPS) is 23.0. The second-order valence-electron chi connectivity index (χ2n) is 6.35. The van der Waals surface area contributed by atoms with E-state index in [0.29, 0.717) is 11.9 Å². The molecule has 0 saturated heterocycles. The Morgan fingerprint density at radius 2 is 2.20 bits per heavy atom. The van der Waals surface area contributed by atoms with Crippen molar-refractivity contribution in [3.63, 3.8) is 0 Å². The van der Waals surface area contributed by atoms with Gasteiger partial charge in [-0.1, -0.05) is 6.92 Å². The van der Waals surface area contributed by atoms with Gasteiger partial charge in [0.2, 0.25) is 0 Å². The number of thioether (sulfide) groups is 1. The maximum atomic E-state index is 12.4. The molecule has 0 radical (unpaired) electrons. The Morgan fingerprint density at radius 3 is 2.85 bits per heavy atom. The van der Waals surface area contributed by atoms with Crippen LogP contribution in [-0.2, 0) is 5.54 Å². The number of nitrogens with zero attached hydrogens (tertiary/aromatic N) is 2. The van der Waals surface area contributed by atoms with E-state index in [0.717, 1.165) is 23.8 Å². The highest BCUT2D eigenvalue weighted by Gasteiger charge is 2.26. The average Bonchev–Trinajstić information content (AvgIpc) is 2.78. The number of aromatic nitrogens is 2. The minimum atomic E-state index is -0.216. The second kappa shape index (κ2) is 6.20. The van der Waals surface area contributed by atoms with Crippen LogP contribution in [0, 0.1) is 0 Å². The van der Waals surface area contributed by atoms with Crippen LogP contribution in [0.5, 0.6) is 0 Å². The fraction of sp³-hybridized carbons (Fsp3) is 0.733. The van der Waals surface area contributed by atoms with E-state index in [9.17, 15) is 4.79 Å². The molecule has 1 aromatic rings. The monoisotopic (exact) mass is 295 g/mol. The van der Waals surface area contributed by atoms with Crippen LogP contribution in [0.25, 0.3) is 0 Å². The maximum absolute atomic E-state index is 12.4. The van der Waals surface area contributed by atoms with Gasteiger partial charge in [-0.25, -0.2) is 4.98 Å². The van der Waals surface area contributed by atoms with Gasteiger partial charge >= 0.3 is 0 Å². The van der Waals surface area contributed by atoms with Crippen LogP contribution in [0.4, 0.5) is 5.82 Å². The minimum absolute atomic E-state index is 0.0217. The first-order valence-corrected chi connectivity index (χ1v) is 8.43. The van der Waals surface area contributed by atoms with Gasteiger partial charge in [-0.2, -0.15) is 11.8 Å². The molecule has 1 aromatic heterocycles. The molecule has 2 rings (SSSR count). The average molecular weight is 295 g/mol. The Hall–Kier alpha value is -0.970. The summed E-state index contributed by atoms with van der Waals surface area (Å²) in [5.74, 6) is 1.66. The van der Waals surface area contributed by atoms with E-state index in [4.69, 9.17) is 0 Å². The van der Waals surface area contributed by atoms with Crippen LogP contribution in [0.2, 0.25) is 0 Å². The highest BCUT2D eigenvalue weighted by molar-refractivity contribution is 7.99. The summed E-state index contributed by atoms with van der Waals surface area (Å²) < 4.78 is 1.75. The third-order valence-electron chi connectivity index (χ3n) is 3.69. The summed E-state index contributed by atoms with van der Waals surface area (Å²) in [6, 6.07) is 0.384. The van der Waals surface area contributed by atoms with Crippen LogP contribution in [0.3, 0.4) is 0 Å². The van der Waals surface area contributed by atoms with Crippen LogP contribution in [-0.4, -0.2) is 26.6 Å². The molecule has 20 heavy (non-hydrogen) atoms. The van der Waals surface area contributed by atoms with Gasteiger partial charge in [-0.3, -0.25) is 4.79 Å². The lowest BCUT2D eigenvalue weighted by molar-refractivity contribution is 0.383.